The van der Waals surface area contributed by atoms with Crippen molar-refractivity contribution in [2.75, 3.05) is 18.8 Å². The number of carbonyl (C=O) groups is 3. The SMILES string of the molecule is Nc1ccc2c3c1SC(C(=O)NC1CCCN(C(=O)O)C1)C3C(N)C(=O)C2(N)c1cccc(Cc2ccccc2)c1. The number of rotatable bonds is 5. The Morgan fingerprint density at radius 1 is 1.07 bits per heavy atom. The number of nitrogens with one attached hydrogen (secondary N) is 1. The van der Waals surface area contributed by atoms with Gasteiger partial charge in [0.1, 0.15) is 5.54 Å². The third-order valence-corrected chi connectivity index (χ3v) is 10.0. The lowest BCUT2D eigenvalue weighted by molar-refractivity contribution is -0.126. The van der Waals surface area contributed by atoms with E-state index < -0.39 is 28.8 Å². The zero-order chi connectivity index (χ0) is 28.9. The molecule has 10 heteroatoms. The molecule has 0 spiro atoms. The summed E-state index contributed by atoms with van der Waals surface area (Å²) in [6.07, 6.45) is 1.02. The van der Waals surface area contributed by atoms with Crippen LogP contribution in [0.15, 0.2) is 71.6 Å². The molecule has 0 bridgehead atoms. The Labute approximate surface area is 242 Å². The summed E-state index contributed by atoms with van der Waals surface area (Å²) >= 11 is 1.31. The minimum atomic E-state index is -1.50. The maximum absolute atomic E-state index is 14.1. The number of Topliss-reactive ketones (excluding diaryl/α,β-unsaturated/α-hetero) is 1. The van der Waals surface area contributed by atoms with E-state index in [0.717, 1.165) is 21.6 Å². The number of amides is 2. The Kier molecular flexibility index (Phi) is 7.01. The summed E-state index contributed by atoms with van der Waals surface area (Å²) in [5.41, 5.74) is 23.3. The number of anilines is 1. The second-order valence-electron chi connectivity index (χ2n) is 11.1. The number of nitrogens with two attached hydrogens (primary N) is 3. The first-order chi connectivity index (χ1) is 19.7. The van der Waals surface area contributed by atoms with Crippen molar-refractivity contribution in [3.05, 3.63) is 94.5 Å². The Hall–Kier alpha value is -3.86. The fourth-order valence-electron chi connectivity index (χ4n) is 6.53. The van der Waals surface area contributed by atoms with Gasteiger partial charge in [0, 0.05) is 35.6 Å². The Morgan fingerprint density at radius 3 is 2.59 bits per heavy atom. The molecule has 6 rings (SSSR count). The molecule has 8 N–H and O–H groups in total. The van der Waals surface area contributed by atoms with Gasteiger partial charge in [0.15, 0.2) is 5.78 Å². The molecular formula is C31H33N5O4S. The van der Waals surface area contributed by atoms with E-state index in [4.69, 9.17) is 17.2 Å². The predicted molar refractivity (Wildman–Crippen MR) is 158 cm³/mol. The summed E-state index contributed by atoms with van der Waals surface area (Å²) in [7, 11) is 0. The first-order valence-electron chi connectivity index (χ1n) is 13.8. The van der Waals surface area contributed by atoms with Crippen molar-refractivity contribution in [2.24, 2.45) is 11.5 Å². The van der Waals surface area contributed by atoms with Crippen molar-refractivity contribution >= 4 is 35.2 Å². The predicted octanol–water partition coefficient (Wildman–Crippen LogP) is 2.79. The topological polar surface area (TPSA) is 165 Å². The van der Waals surface area contributed by atoms with Crippen LogP contribution < -0.4 is 22.5 Å². The van der Waals surface area contributed by atoms with Crippen molar-refractivity contribution in [2.45, 2.75) is 52.9 Å². The molecular weight excluding hydrogens is 538 g/mol. The summed E-state index contributed by atoms with van der Waals surface area (Å²) in [6, 6.07) is 20.0. The molecule has 1 saturated heterocycles. The molecule has 2 amide bonds. The monoisotopic (exact) mass is 571 g/mol. The van der Waals surface area contributed by atoms with Crippen LogP contribution in [0.3, 0.4) is 0 Å². The van der Waals surface area contributed by atoms with Crippen LogP contribution in [0.5, 0.6) is 0 Å². The van der Waals surface area contributed by atoms with Crippen molar-refractivity contribution < 1.29 is 19.5 Å². The van der Waals surface area contributed by atoms with Crippen LogP contribution in [0, 0.1) is 0 Å². The van der Waals surface area contributed by atoms with Crippen molar-refractivity contribution in [1.82, 2.24) is 10.2 Å². The lowest BCUT2D eigenvalue weighted by Crippen LogP contribution is -2.61. The number of thioether (sulfide) groups is 1. The summed E-state index contributed by atoms with van der Waals surface area (Å²) < 4.78 is 0. The zero-order valence-electron chi connectivity index (χ0n) is 22.5. The van der Waals surface area contributed by atoms with Gasteiger partial charge in [-0.2, -0.15) is 0 Å². The molecule has 3 aromatic rings. The number of carbonyl (C=O) groups excluding carboxylic acids is 2. The van der Waals surface area contributed by atoms with Gasteiger partial charge in [-0.1, -0.05) is 60.7 Å². The highest BCUT2D eigenvalue weighted by Crippen LogP contribution is 2.56. The molecule has 2 aliphatic heterocycles. The lowest BCUT2D eigenvalue weighted by Gasteiger charge is -2.41. The van der Waals surface area contributed by atoms with E-state index in [1.54, 1.807) is 12.1 Å². The molecule has 2 heterocycles. The Bertz CT molecular complexity index is 1530. The molecule has 1 fully saturated rings. The molecule has 41 heavy (non-hydrogen) atoms. The van der Waals surface area contributed by atoms with Gasteiger partial charge in [-0.05, 0) is 53.1 Å². The fraction of sp³-hybridized carbons (Fsp3) is 0.323. The van der Waals surface area contributed by atoms with Crippen LogP contribution in [0.4, 0.5) is 10.5 Å². The highest BCUT2D eigenvalue weighted by atomic mass is 32.2. The van der Waals surface area contributed by atoms with Gasteiger partial charge < -0.3 is 32.5 Å². The molecule has 1 aliphatic carbocycles. The average molecular weight is 572 g/mol. The smallest absolute Gasteiger partial charge is 0.407 e. The van der Waals surface area contributed by atoms with E-state index in [9.17, 15) is 19.5 Å². The third-order valence-electron chi connectivity index (χ3n) is 8.56. The highest BCUT2D eigenvalue weighted by Gasteiger charge is 2.56. The van der Waals surface area contributed by atoms with E-state index in [0.29, 0.717) is 42.6 Å². The van der Waals surface area contributed by atoms with Gasteiger partial charge in [0.2, 0.25) is 5.91 Å². The summed E-state index contributed by atoms with van der Waals surface area (Å²) in [4.78, 5) is 41.3. The number of carboxylic acid groups (broad SMARTS) is 1. The molecule has 9 nitrogen and oxygen atoms in total. The number of hydrogen-bond acceptors (Lipinski definition) is 7. The molecule has 5 unspecified atom stereocenters. The number of nitrogen functional groups attached to an aromatic ring is 1. The second kappa shape index (κ2) is 10.5. The van der Waals surface area contributed by atoms with E-state index in [-0.39, 0.29) is 24.3 Å². The van der Waals surface area contributed by atoms with E-state index in [1.165, 1.54) is 16.7 Å². The number of likely N-dealkylation sites (tertiary alicyclic amines) is 1. The van der Waals surface area contributed by atoms with E-state index in [2.05, 4.69) is 17.4 Å². The van der Waals surface area contributed by atoms with Crippen LogP contribution in [-0.4, -0.2) is 58.2 Å². The van der Waals surface area contributed by atoms with Crippen LogP contribution in [0.2, 0.25) is 0 Å². The largest absolute Gasteiger partial charge is 0.465 e. The van der Waals surface area contributed by atoms with E-state index >= 15 is 0 Å². The fourth-order valence-corrected chi connectivity index (χ4v) is 7.98. The average Bonchev–Trinajstić information content (AvgIpc) is 3.38. The maximum atomic E-state index is 14.1. The van der Waals surface area contributed by atoms with Gasteiger partial charge in [-0.15, -0.1) is 11.8 Å². The number of ketones is 1. The quantitative estimate of drug-likeness (QED) is 0.292. The number of piperidine rings is 1. The van der Waals surface area contributed by atoms with Crippen molar-refractivity contribution in [1.29, 1.82) is 0 Å². The first kappa shape index (κ1) is 27.3. The molecule has 5 atom stereocenters. The highest BCUT2D eigenvalue weighted by molar-refractivity contribution is 8.01. The Balaban J connectivity index is 1.34. The number of benzene rings is 3. The van der Waals surface area contributed by atoms with Crippen LogP contribution >= 0.6 is 11.8 Å². The zero-order valence-corrected chi connectivity index (χ0v) is 23.3. The standard InChI is InChI=1S/C31H33N5O4S/c32-22-12-11-21-23-24(27(41-26(22)23)29(38)35-20-10-5-13-36(16-20)30(39)40)25(33)28(37)31(21,34)19-9-4-8-18(15-19)14-17-6-2-1-3-7-17/h1-4,6-9,11-12,15,20,24-25,27H,5,10,13-14,16,32-34H2,(H,35,38)(H,39,40). The number of hydrogen-bond donors (Lipinski definition) is 5. The summed E-state index contributed by atoms with van der Waals surface area (Å²) in [5.74, 6) is -1.24. The third kappa shape index (κ3) is 4.65. The molecule has 3 aliphatic rings. The minimum Gasteiger partial charge on any atom is -0.465 e. The first-order valence-corrected chi connectivity index (χ1v) is 14.7. The van der Waals surface area contributed by atoms with Gasteiger partial charge in [-0.3, -0.25) is 9.59 Å². The molecule has 0 saturated carbocycles. The van der Waals surface area contributed by atoms with Crippen molar-refractivity contribution in [3.63, 3.8) is 0 Å². The second-order valence-corrected chi connectivity index (χ2v) is 12.3. The van der Waals surface area contributed by atoms with Crippen LogP contribution in [-0.2, 0) is 21.5 Å². The van der Waals surface area contributed by atoms with Crippen LogP contribution in [0.1, 0.15) is 46.6 Å². The van der Waals surface area contributed by atoms with Gasteiger partial charge in [-0.25, -0.2) is 4.79 Å². The molecule has 3 aromatic carbocycles. The molecule has 0 aromatic heterocycles. The summed E-state index contributed by atoms with van der Waals surface area (Å²) in [5, 5.41) is 11.7. The Morgan fingerprint density at radius 2 is 1.83 bits per heavy atom. The normalized spacial score (nSPS) is 26.9. The summed E-state index contributed by atoms with van der Waals surface area (Å²) in [6.45, 7) is 0.665. The number of nitrogens with zero attached hydrogens (tertiary/aromatic N) is 1. The van der Waals surface area contributed by atoms with Gasteiger partial charge >= 0.3 is 6.09 Å². The molecule has 0 radical (unpaired) electrons. The van der Waals surface area contributed by atoms with E-state index in [1.807, 2.05) is 42.5 Å². The van der Waals surface area contributed by atoms with Gasteiger partial charge in [0.25, 0.3) is 0 Å². The van der Waals surface area contributed by atoms with Gasteiger partial charge in [0.05, 0.1) is 11.3 Å². The minimum absolute atomic E-state index is 0.222. The lowest BCUT2D eigenvalue weighted by atomic mass is 9.65. The van der Waals surface area contributed by atoms with Crippen LogP contribution in [0.25, 0.3) is 0 Å². The maximum Gasteiger partial charge on any atom is 0.407 e. The molecule has 212 valence electrons. The van der Waals surface area contributed by atoms with Crippen molar-refractivity contribution in [3.8, 4) is 0 Å².